The zero-order valence-corrected chi connectivity index (χ0v) is 10.9. The molecule has 0 radical (unpaired) electrons. The quantitative estimate of drug-likeness (QED) is 0.626. The summed E-state index contributed by atoms with van der Waals surface area (Å²) >= 11 is 0. The van der Waals surface area contributed by atoms with Crippen molar-refractivity contribution in [1.82, 2.24) is 25.2 Å². The van der Waals surface area contributed by atoms with Crippen LogP contribution in [0.1, 0.15) is 16.5 Å². The molecule has 1 aliphatic heterocycles. The standard InChI is InChI=1S/C11H19N5O3/c1-19-5-3-15(2-4-17)11(18)10-8-16(14-13-10)9-6-12-7-9/h8-9,12,17H,2-7H2,1H3. The fourth-order valence-corrected chi connectivity index (χ4v) is 1.81. The molecule has 19 heavy (non-hydrogen) atoms. The predicted molar refractivity (Wildman–Crippen MR) is 66.8 cm³/mol. The first-order valence-electron chi connectivity index (χ1n) is 6.28. The minimum atomic E-state index is -0.232. The molecule has 1 amide bonds. The van der Waals surface area contributed by atoms with Gasteiger partial charge in [0.2, 0.25) is 0 Å². The molecule has 0 aromatic carbocycles. The molecule has 2 rings (SSSR count). The molecule has 0 spiro atoms. The van der Waals surface area contributed by atoms with Gasteiger partial charge in [-0.1, -0.05) is 5.21 Å². The van der Waals surface area contributed by atoms with Gasteiger partial charge in [-0.25, -0.2) is 4.68 Å². The van der Waals surface area contributed by atoms with E-state index in [4.69, 9.17) is 9.84 Å². The molecule has 1 aliphatic rings. The number of amides is 1. The average molecular weight is 269 g/mol. The third-order valence-corrected chi connectivity index (χ3v) is 3.09. The van der Waals surface area contributed by atoms with Crippen LogP contribution < -0.4 is 5.32 Å². The van der Waals surface area contributed by atoms with Crippen molar-refractivity contribution in [3.63, 3.8) is 0 Å². The number of aromatic nitrogens is 3. The zero-order chi connectivity index (χ0) is 13.7. The number of aliphatic hydroxyl groups excluding tert-OH is 1. The molecule has 1 fully saturated rings. The highest BCUT2D eigenvalue weighted by atomic mass is 16.5. The topological polar surface area (TPSA) is 92.5 Å². The molecule has 0 unspecified atom stereocenters. The van der Waals surface area contributed by atoms with E-state index >= 15 is 0 Å². The van der Waals surface area contributed by atoms with Gasteiger partial charge in [0.15, 0.2) is 5.69 Å². The number of nitrogens with zero attached hydrogens (tertiary/aromatic N) is 4. The lowest BCUT2D eigenvalue weighted by molar-refractivity contribution is 0.0650. The Balaban J connectivity index is 2.00. The lowest BCUT2D eigenvalue weighted by Crippen LogP contribution is -2.43. The fraction of sp³-hybridized carbons (Fsp3) is 0.727. The number of rotatable bonds is 7. The van der Waals surface area contributed by atoms with Crippen LogP contribution in [0, 0.1) is 0 Å². The van der Waals surface area contributed by atoms with Crippen molar-refractivity contribution >= 4 is 5.91 Å². The number of nitrogens with one attached hydrogen (secondary N) is 1. The van der Waals surface area contributed by atoms with E-state index in [9.17, 15) is 4.79 Å². The molecule has 0 aliphatic carbocycles. The Kier molecular flexibility index (Phi) is 4.83. The molecule has 1 aromatic heterocycles. The van der Waals surface area contributed by atoms with E-state index in [-0.39, 0.29) is 25.1 Å². The maximum atomic E-state index is 12.2. The first-order valence-corrected chi connectivity index (χ1v) is 6.28. The van der Waals surface area contributed by atoms with Crippen LogP contribution in [0.2, 0.25) is 0 Å². The van der Waals surface area contributed by atoms with Crippen molar-refractivity contribution in [2.45, 2.75) is 6.04 Å². The van der Waals surface area contributed by atoms with Gasteiger partial charge in [-0.2, -0.15) is 0 Å². The first kappa shape index (κ1) is 13.9. The highest BCUT2D eigenvalue weighted by Gasteiger charge is 2.23. The summed E-state index contributed by atoms with van der Waals surface area (Å²) in [6.45, 7) is 2.72. The van der Waals surface area contributed by atoms with Gasteiger partial charge in [0, 0.05) is 33.3 Å². The molecule has 1 aromatic rings. The van der Waals surface area contributed by atoms with Crippen LogP contribution in [0.25, 0.3) is 0 Å². The second-order valence-electron chi connectivity index (χ2n) is 4.40. The predicted octanol–water partition coefficient (Wildman–Crippen LogP) is -1.50. The molecule has 2 N–H and O–H groups in total. The highest BCUT2D eigenvalue weighted by Crippen LogP contribution is 2.10. The van der Waals surface area contributed by atoms with E-state index in [2.05, 4.69) is 15.6 Å². The Labute approximate surface area is 111 Å². The van der Waals surface area contributed by atoms with Gasteiger partial charge in [0.25, 0.3) is 5.91 Å². The Morgan fingerprint density at radius 2 is 2.42 bits per heavy atom. The molecular weight excluding hydrogens is 250 g/mol. The molecule has 0 atom stereocenters. The van der Waals surface area contributed by atoms with Gasteiger partial charge < -0.3 is 20.1 Å². The lowest BCUT2D eigenvalue weighted by Gasteiger charge is -2.26. The van der Waals surface area contributed by atoms with Gasteiger partial charge in [-0.05, 0) is 0 Å². The summed E-state index contributed by atoms with van der Waals surface area (Å²) in [5.74, 6) is -0.232. The van der Waals surface area contributed by atoms with E-state index in [1.165, 1.54) is 4.90 Å². The van der Waals surface area contributed by atoms with E-state index in [1.807, 2.05) is 0 Å². The van der Waals surface area contributed by atoms with Crippen molar-refractivity contribution in [2.75, 3.05) is 46.5 Å². The summed E-state index contributed by atoms with van der Waals surface area (Å²) in [6.07, 6.45) is 1.66. The largest absolute Gasteiger partial charge is 0.395 e. The normalized spacial score (nSPS) is 15.3. The Hall–Kier alpha value is -1.51. The van der Waals surface area contributed by atoms with Crippen LogP contribution in [-0.4, -0.2) is 77.4 Å². The zero-order valence-electron chi connectivity index (χ0n) is 10.9. The molecule has 2 heterocycles. The molecule has 8 heteroatoms. The molecular formula is C11H19N5O3. The van der Waals surface area contributed by atoms with E-state index in [1.54, 1.807) is 18.0 Å². The Morgan fingerprint density at radius 1 is 1.63 bits per heavy atom. The molecule has 1 saturated heterocycles. The van der Waals surface area contributed by atoms with Crippen molar-refractivity contribution in [3.8, 4) is 0 Å². The summed E-state index contributed by atoms with van der Waals surface area (Å²) in [6, 6.07) is 0.277. The number of carbonyl (C=O) groups is 1. The maximum absolute atomic E-state index is 12.2. The SMILES string of the molecule is COCCN(CCO)C(=O)c1cn(C2CNC2)nn1. The lowest BCUT2D eigenvalue weighted by atomic mass is 10.2. The van der Waals surface area contributed by atoms with Crippen molar-refractivity contribution < 1.29 is 14.6 Å². The van der Waals surface area contributed by atoms with E-state index < -0.39 is 0 Å². The number of hydrogen-bond donors (Lipinski definition) is 2. The minimum absolute atomic E-state index is 0.0872. The number of methoxy groups -OCH3 is 1. The van der Waals surface area contributed by atoms with E-state index in [0.29, 0.717) is 18.8 Å². The van der Waals surface area contributed by atoms with Gasteiger partial charge in [-0.15, -0.1) is 5.10 Å². The second-order valence-corrected chi connectivity index (χ2v) is 4.40. The van der Waals surface area contributed by atoms with Crippen LogP contribution in [0.3, 0.4) is 0 Å². The van der Waals surface area contributed by atoms with Gasteiger partial charge in [0.05, 0.1) is 25.5 Å². The van der Waals surface area contributed by atoms with Crippen LogP contribution >= 0.6 is 0 Å². The Morgan fingerprint density at radius 3 is 3.00 bits per heavy atom. The molecule has 8 nitrogen and oxygen atoms in total. The monoisotopic (exact) mass is 269 g/mol. The molecule has 0 bridgehead atoms. The smallest absolute Gasteiger partial charge is 0.276 e. The van der Waals surface area contributed by atoms with Gasteiger partial charge in [0.1, 0.15) is 0 Å². The summed E-state index contributed by atoms with van der Waals surface area (Å²) in [5, 5.41) is 20.0. The van der Waals surface area contributed by atoms with Crippen LogP contribution in [0.4, 0.5) is 0 Å². The number of ether oxygens (including phenoxy) is 1. The second kappa shape index (κ2) is 6.60. The van der Waals surface area contributed by atoms with Crippen molar-refractivity contribution in [3.05, 3.63) is 11.9 Å². The average Bonchev–Trinajstić information content (AvgIpc) is 2.80. The fourth-order valence-electron chi connectivity index (χ4n) is 1.81. The van der Waals surface area contributed by atoms with Crippen LogP contribution in [0.15, 0.2) is 6.20 Å². The Bertz CT molecular complexity index is 418. The highest BCUT2D eigenvalue weighted by molar-refractivity contribution is 5.91. The molecule has 106 valence electrons. The van der Waals surface area contributed by atoms with Gasteiger partial charge in [-0.3, -0.25) is 4.79 Å². The van der Waals surface area contributed by atoms with E-state index in [0.717, 1.165) is 13.1 Å². The number of hydrogen-bond acceptors (Lipinski definition) is 6. The molecule has 0 saturated carbocycles. The number of carbonyl (C=O) groups excluding carboxylic acids is 1. The number of aliphatic hydroxyl groups is 1. The summed E-state index contributed by atoms with van der Waals surface area (Å²) < 4.78 is 6.66. The minimum Gasteiger partial charge on any atom is -0.395 e. The van der Waals surface area contributed by atoms with Crippen LogP contribution in [-0.2, 0) is 4.74 Å². The maximum Gasteiger partial charge on any atom is 0.276 e. The van der Waals surface area contributed by atoms with Gasteiger partial charge >= 0.3 is 0 Å². The van der Waals surface area contributed by atoms with Crippen molar-refractivity contribution in [2.24, 2.45) is 0 Å². The third kappa shape index (κ3) is 3.28. The summed E-state index contributed by atoms with van der Waals surface area (Å²) in [7, 11) is 1.57. The van der Waals surface area contributed by atoms with Crippen LogP contribution in [0.5, 0.6) is 0 Å². The summed E-state index contributed by atoms with van der Waals surface area (Å²) in [4.78, 5) is 13.7. The first-order chi connectivity index (χ1) is 9.26. The van der Waals surface area contributed by atoms with Crippen molar-refractivity contribution in [1.29, 1.82) is 0 Å². The third-order valence-electron chi connectivity index (χ3n) is 3.09. The summed E-state index contributed by atoms with van der Waals surface area (Å²) in [5.41, 5.74) is 0.302.